The van der Waals surface area contributed by atoms with Gasteiger partial charge >= 0.3 is 0 Å². The van der Waals surface area contributed by atoms with Crippen molar-refractivity contribution in [3.63, 3.8) is 0 Å². The van der Waals surface area contributed by atoms with Gasteiger partial charge < -0.3 is 19.7 Å². The first-order valence-electron chi connectivity index (χ1n) is 7.46. The maximum atomic E-state index is 12.5. The van der Waals surface area contributed by atoms with Crippen LogP contribution in [0.5, 0.6) is 11.5 Å². The molecule has 21 heavy (non-hydrogen) atoms. The Morgan fingerprint density at radius 2 is 2.00 bits per heavy atom. The Hall–Kier alpha value is -1.75. The van der Waals surface area contributed by atoms with Crippen LogP contribution in [0.25, 0.3) is 0 Å². The van der Waals surface area contributed by atoms with Gasteiger partial charge in [-0.25, -0.2) is 0 Å². The molecule has 1 N–H and O–H groups in total. The van der Waals surface area contributed by atoms with Gasteiger partial charge in [-0.15, -0.1) is 0 Å². The van der Waals surface area contributed by atoms with Gasteiger partial charge in [0.15, 0.2) is 0 Å². The van der Waals surface area contributed by atoms with Gasteiger partial charge in [0.2, 0.25) is 0 Å². The molecule has 1 amide bonds. The van der Waals surface area contributed by atoms with E-state index in [0.717, 1.165) is 6.54 Å². The van der Waals surface area contributed by atoms with Crippen LogP contribution >= 0.6 is 0 Å². The fraction of sp³-hybridized carbons (Fsp3) is 0.562. The Bertz CT molecular complexity index is 524. The smallest absolute Gasteiger partial charge is 0.255 e. The fourth-order valence-electron chi connectivity index (χ4n) is 3.36. The second kappa shape index (κ2) is 5.93. The molecular weight excluding hydrogens is 268 g/mol. The minimum Gasteiger partial charge on any atom is -0.497 e. The quantitative estimate of drug-likeness (QED) is 0.913. The molecule has 114 valence electrons. The van der Waals surface area contributed by atoms with Gasteiger partial charge in [-0.05, 0) is 44.0 Å². The Labute approximate surface area is 125 Å². The summed E-state index contributed by atoms with van der Waals surface area (Å²) in [6, 6.07) is 5.54. The molecular formula is C16H22N2O3. The number of hydrogen-bond acceptors (Lipinski definition) is 4. The second-order valence-corrected chi connectivity index (χ2v) is 5.78. The molecule has 0 aliphatic carbocycles. The van der Waals surface area contributed by atoms with E-state index in [-0.39, 0.29) is 11.9 Å². The van der Waals surface area contributed by atoms with E-state index in [0.29, 0.717) is 23.0 Å². The van der Waals surface area contributed by atoms with Gasteiger partial charge in [0, 0.05) is 18.7 Å². The molecule has 2 bridgehead atoms. The molecule has 3 saturated heterocycles. The molecule has 1 atom stereocenters. The highest BCUT2D eigenvalue weighted by Crippen LogP contribution is 2.29. The van der Waals surface area contributed by atoms with Crippen molar-refractivity contribution in [3.8, 4) is 11.5 Å². The number of ether oxygens (including phenoxy) is 2. The van der Waals surface area contributed by atoms with Crippen LogP contribution in [-0.4, -0.2) is 50.7 Å². The zero-order valence-corrected chi connectivity index (χ0v) is 12.6. The summed E-state index contributed by atoms with van der Waals surface area (Å²) < 4.78 is 10.5. The average Bonchev–Trinajstić information content (AvgIpc) is 2.55. The second-order valence-electron chi connectivity index (χ2n) is 5.78. The first-order chi connectivity index (χ1) is 10.2. The predicted octanol–water partition coefficient (Wildman–Crippen LogP) is 1.53. The molecule has 4 rings (SSSR count). The van der Waals surface area contributed by atoms with Crippen LogP contribution in [0.2, 0.25) is 0 Å². The normalized spacial score (nSPS) is 27.2. The van der Waals surface area contributed by atoms with Crippen molar-refractivity contribution in [3.05, 3.63) is 23.8 Å². The molecule has 0 radical (unpaired) electrons. The van der Waals surface area contributed by atoms with E-state index < -0.39 is 0 Å². The minimum atomic E-state index is -0.0618. The summed E-state index contributed by atoms with van der Waals surface area (Å²) in [6.45, 7) is 3.31. The molecule has 0 spiro atoms. The highest BCUT2D eigenvalue weighted by Gasteiger charge is 2.35. The van der Waals surface area contributed by atoms with E-state index in [9.17, 15) is 4.79 Å². The van der Waals surface area contributed by atoms with Crippen molar-refractivity contribution in [1.29, 1.82) is 0 Å². The van der Waals surface area contributed by atoms with Crippen molar-refractivity contribution in [2.24, 2.45) is 5.92 Å². The lowest BCUT2D eigenvalue weighted by Crippen LogP contribution is -2.57. The number of fused-ring (bicyclic) bond motifs is 3. The first kappa shape index (κ1) is 14.2. The lowest BCUT2D eigenvalue weighted by atomic mass is 9.84. The zero-order chi connectivity index (χ0) is 14.8. The molecule has 1 aromatic carbocycles. The third kappa shape index (κ3) is 2.83. The highest BCUT2D eigenvalue weighted by molar-refractivity contribution is 5.97. The number of carbonyl (C=O) groups is 1. The van der Waals surface area contributed by atoms with Gasteiger partial charge in [-0.3, -0.25) is 4.79 Å². The van der Waals surface area contributed by atoms with Gasteiger partial charge in [0.25, 0.3) is 5.91 Å². The summed E-state index contributed by atoms with van der Waals surface area (Å²) in [5, 5.41) is 3.18. The lowest BCUT2D eigenvalue weighted by Gasteiger charge is -2.44. The fourth-order valence-corrected chi connectivity index (χ4v) is 3.36. The molecule has 0 saturated carbocycles. The number of amides is 1. The van der Waals surface area contributed by atoms with Crippen molar-refractivity contribution in [1.82, 2.24) is 10.2 Å². The average molecular weight is 290 g/mol. The summed E-state index contributed by atoms with van der Waals surface area (Å²) in [6.07, 6.45) is 2.37. The van der Waals surface area contributed by atoms with Crippen LogP contribution in [0.1, 0.15) is 23.2 Å². The molecule has 5 heteroatoms. The van der Waals surface area contributed by atoms with Crippen LogP contribution < -0.4 is 14.8 Å². The number of benzene rings is 1. The maximum Gasteiger partial charge on any atom is 0.255 e. The monoisotopic (exact) mass is 290 g/mol. The molecule has 0 unspecified atom stereocenters. The Kier molecular flexibility index (Phi) is 4.01. The molecule has 1 aromatic rings. The summed E-state index contributed by atoms with van der Waals surface area (Å²) >= 11 is 0. The number of rotatable bonds is 4. The van der Waals surface area contributed by atoms with Crippen molar-refractivity contribution < 1.29 is 14.3 Å². The van der Waals surface area contributed by atoms with Gasteiger partial charge in [-0.2, -0.15) is 0 Å². The van der Waals surface area contributed by atoms with E-state index in [4.69, 9.17) is 9.47 Å². The van der Waals surface area contributed by atoms with Gasteiger partial charge in [0.05, 0.1) is 19.8 Å². The van der Waals surface area contributed by atoms with Crippen molar-refractivity contribution >= 4 is 5.91 Å². The number of nitrogens with zero attached hydrogens (tertiary/aromatic N) is 1. The van der Waals surface area contributed by atoms with Crippen LogP contribution in [-0.2, 0) is 0 Å². The van der Waals surface area contributed by atoms with Crippen LogP contribution in [0.15, 0.2) is 18.2 Å². The molecule has 3 heterocycles. The molecule has 3 fully saturated rings. The summed E-state index contributed by atoms with van der Waals surface area (Å²) in [5.41, 5.74) is 0.565. The van der Waals surface area contributed by atoms with Crippen LogP contribution in [0.3, 0.4) is 0 Å². The standard InChI is InChI=1S/C16H22N2O3/c1-20-12-3-4-13(15(9-12)21-2)16(19)17-14-10-18-7-5-11(14)6-8-18/h3-4,9,11,14H,5-8,10H2,1-2H3,(H,17,19)/t14-/m1/s1. The van der Waals surface area contributed by atoms with E-state index >= 15 is 0 Å². The maximum absolute atomic E-state index is 12.5. The van der Waals surface area contributed by atoms with E-state index in [1.807, 2.05) is 0 Å². The first-order valence-corrected chi connectivity index (χ1v) is 7.46. The zero-order valence-electron chi connectivity index (χ0n) is 12.6. The number of hydrogen-bond donors (Lipinski definition) is 1. The lowest BCUT2D eigenvalue weighted by molar-refractivity contribution is 0.0619. The van der Waals surface area contributed by atoms with Gasteiger partial charge in [0.1, 0.15) is 11.5 Å². The number of piperidine rings is 3. The van der Waals surface area contributed by atoms with Gasteiger partial charge in [-0.1, -0.05) is 0 Å². The Morgan fingerprint density at radius 1 is 1.24 bits per heavy atom. The molecule has 3 aliphatic heterocycles. The summed E-state index contributed by atoms with van der Waals surface area (Å²) in [4.78, 5) is 14.9. The highest BCUT2D eigenvalue weighted by atomic mass is 16.5. The van der Waals surface area contributed by atoms with E-state index in [2.05, 4.69) is 10.2 Å². The summed E-state index contributed by atoms with van der Waals surface area (Å²) in [7, 11) is 3.17. The molecule has 3 aliphatic rings. The van der Waals surface area contributed by atoms with E-state index in [1.165, 1.54) is 25.9 Å². The van der Waals surface area contributed by atoms with E-state index in [1.54, 1.807) is 32.4 Å². The Balaban J connectivity index is 1.73. The number of carbonyl (C=O) groups excluding carboxylic acids is 1. The summed E-state index contributed by atoms with van der Waals surface area (Å²) in [5.74, 6) is 1.79. The topological polar surface area (TPSA) is 50.8 Å². The minimum absolute atomic E-state index is 0.0618. The largest absolute Gasteiger partial charge is 0.497 e. The van der Waals surface area contributed by atoms with Crippen LogP contribution in [0, 0.1) is 5.92 Å². The Morgan fingerprint density at radius 3 is 2.57 bits per heavy atom. The number of methoxy groups -OCH3 is 2. The van der Waals surface area contributed by atoms with Crippen molar-refractivity contribution in [2.75, 3.05) is 33.9 Å². The SMILES string of the molecule is COc1ccc(C(=O)N[C@@H]2CN3CCC2CC3)c(OC)c1. The third-order valence-electron chi connectivity index (χ3n) is 4.63. The number of nitrogens with one attached hydrogen (secondary N) is 1. The third-order valence-corrected chi connectivity index (χ3v) is 4.63. The van der Waals surface area contributed by atoms with Crippen LogP contribution in [0.4, 0.5) is 0 Å². The predicted molar refractivity (Wildman–Crippen MR) is 80.0 cm³/mol. The molecule has 0 aromatic heterocycles. The molecule has 5 nitrogen and oxygen atoms in total. The van der Waals surface area contributed by atoms with Crippen molar-refractivity contribution in [2.45, 2.75) is 18.9 Å².